The van der Waals surface area contributed by atoms with Gasteiger partial charge in [0.1, 0.15) is 0 Å². The molecule has 0 atom stereocenters. The van der Waals surface area contributed by atoms with Crippen molar-refractivity contribution in [3.63, 3.8) is 0 Å². The van der Waals surface area contributed by atoms with Gasteiger partial charge in [-0.25, -0.2) is 8.78 Å². The number of halogens is 2. The van der Waals surface area contributed by atoms with E-state index in [4.69, 9.17) is 5.11 Å². The Hall–Kier alpha value is -1.55. The van der Waals surface area contributed by atoms with E-state index in [0.29, 0.717) is 16.9 Å². The lowest BCUT2D eigenvalue weighted by Gasteiger charge is -2.06. The SMILES string of the molecule is Oc1c(F)cc(-c2cccc(CS)c2)cc1F. The Bertz CT molecular complexity index is 532. The monoisotopic (exact) mass is 252 g/mol. The molecule has 0 saturated carbocycles. The third-order valence-electron chi connectivity index (χ3n) is 2.46. The average molecular weight is 252 g/mol. The molecule has 0 bridgehead atoms. The largest absolute Gasteiger partial charge is 0.503 e. The molecule has 4 heteroatoms. The lowest BCUT2D eigenvalue weighted by Crippen LogP contribution is -1.87. The fourth-order valence-corrected chi connectivity index (χ4v) is 1.78. The van der Waals surface area contributed by atoms with Crippen molar-refractivity contribution in [3.05, 3.63) is 53.6 Å². The summed E-state index contributed by atoms with van der Waals surface area (Å²) in [4.78, 5) is 0. The van der Waals surface area contributed by atoms with Crippen LogP contribution in [0, 0.1) is 11.6 Å². The summed E-state index contributed by atoms with van der Waals surface area (Å²) < 4.78 is 26.4. The Kier molecular flexibility index (Phi) is 3.33. The normalized spacial score (nSPS) is 10.5. The van der Waals surface area contributed by atoms with Crippen LogP contribution < -0.4 is 0 Å². The zero-order chi connectivity index (χ0) is 12.4. The van der Waals surface area contributed by atoms with Gasteiger partial charge in [-0.3, -0.25) is 0 Å². The molecule has 2 aromatic rings. The van der Waals surface area contributed by atoms with E-state index in [1.807, 2.05) is 6.07 Å². The fraction of sp³-hybridized carbons (Fsp3) is 0.0769. The number of phenolic OH excluding ortho intramolecular Hbond substituents is 1. The molecule has 0 aliphatic rings. The van der Waals surface area contributed by atoms with Crippen LogP contribution in [0.15, 0.2) is 36.4 Å². The van der Waals surface area contributed by atoms with Crippen LogP contribution in [0.4, 0.5) is 8.78 Å². The average Bonchev–Trinajstić information content (AvgIpc) is 2.35. The van der Waals surface area contributed by atoms with Crippen LogP contribution in [0.2, 0.25) is 0 Å². The standard InChI is InChI=1S/C13H10F2OS/c14-11-5-10(6-12(15)13(11)16)9-3-1-2-8(4-9)7-17/h1-6,16-17H,7H2. The molecular weight excluding hydrogens is 242 g/mol. The molecule has 17 heavy (non-hydrogen) atoms. The number of phenols is 1. The van der Waals surface area contributed by atoms with Crippen LogP contribution in [0.25, 0.3) is 11.1 Å². The second-order valence-corrected chi connectivity index (χ2v) is 3.96. The topological polar surface area (TPSA) is 20.2 Å². The molecule has 0 aromatic heterocycles. The van der Waals surface area contributed by atoms with Crippen LogP contribution in [0.5, 0.6) is 5.75 Å². The van der Waals surface area contributed by atoms with Gasteiger partial charge in [0.2, 0.25) is 0 Å². The zero-order valence-electron chi connectivity index (χ0n) is 8.82. The van der Waals surface area contributed by atoms with Gasteiger partial charge < -0.3 is 5.11 Å². The van der Waals surface area contributed by atoms with Crippen molar-refractivity contribution >= 4 is 12.6 Å². The maximum atomic E-state index is 13.2. The Labute approximate surface area is 103 Å². The summed E-state index contributed by atoms with van der Waals surface area (Å²) in [5, 5.41) is 9.02. The van der Waals surface area contributed by atoms with Crippen LogP contribution in [0.1, 0.15) is 5.56 Å². The molecule has 0 aliphatic carbocycles. The first-order chi connectivity index (χ1) is 8.11. The van der Waals surface area contributed by atoms with E-state index in [1.54, 1.807) is 18.2 Å². The molecule has 88 valence electrons. The van der Waals surface area contributed by atoms with Crippen molar-refractivity contribution < 1.29 is 13.9 Å². The van der Waals surface area contributed by atoms with Gasteiger partial charge >= 0.3 is 0 Å². The Balaban J connectivity index is 2.52. The van der Waals surface area contributed by atoms with Gasteiger partial charge in [0.05, 0.1) is 0 Å². The lowest BCUT2D eigenvalue weighted by molar-refractivity contribution is 0.396. The summed E-state index contributed by atoms with van der Waals surface area (Å²) in [7, 11) is 0. The van der Waals surface area contributed by atoms with E-state index in [9.17, 15) is 8.78 Å². The van der Waals surface area contributed by atoms with E-state index < -0.39 is 17.4 Å². The fourth-order valence-electron chi connectivity index (χ4n) is 1.58. The molecule has 0 radical (unpaired) electrons. The number of benzene rings is 2. The van der Waals surface area contributed by atoms with E-state index in [-0.39, 0.29) is 0 Å². The third kappa shape index (κ3) is 2.42. The Morgan fingerprint density at radius 2 is 1.65 bits per heavy atom. The van der Waals surface area contributed by atoms with Gasteiger partial charge in [0, 0.05) is 5.75 Å². The summed E-state index contributed by atoms with van der Waals surface area (Å²) in [6.07, 6.45) is 0. The summed E-state index contributed by atoms with van der Waals surface area (Å²) in [5.74, 6) is -2.32. The molecule has 0 fully saturated rings. The van der Waals surface area contributed by atoms with E-state index in [2.05, 4.69) is 12.6 Å². The van der Waals surface area contributed by atoms with Crippen molar-refractivity contribution in [1.82, 2.24) is 0 Å². The second kappa shape index (κ2) is 4.75. The van der Waals surface area contributed by atoms with Gasteiger partial charge in [-0.15, -0.1) is 0 Å². The summed E-state index contributed by atoms with van der Waals surface area (Å²) >= 11 is 4.14. The number of rotatable bonds is 2. The zero-order valence-corrected chi connectivity index (χ0v) is 9.72. The second-order valence-electron chi connectivity index (χ2n) is 3.65. The van der Waals surface area contributed by atoms with E-state index in [1.165, 1.54) is 0 Å². The summed E-state index contributed by atoms with van der Waals surface area (Å²) in [5.41, 5.74) is 2.04. The Morgan fingerprint density at radius 3 is 2.24 bits per heavy atom. The highest BCUT2D eigenvalue weighted by Gasteiger charge is 2.10. The van der Waals surface area contributed by atoms with Crippen LogP contribution in [0.3, 0.4) is 0 Å². The first kappa shape index (κ1) is 11.9. The molecule has 0 spiro atoms. The number of hydrogen-bond donors (Lipinski definition) is 2. The molecule has 0 heterocycles. The molecular formula is C13H10F2OS. The highest BCUT2D eigenvalue weighted by atomic mass is 32.1. The minimum Gasteiger partial charge on any atom is -0.503 e. The van der Waals surface area contributed by atoms with Gasteiger partial charge in [-0.1, -0.05) is 24.3 Å². The molecule has 1 nitrogen and oxygen atoms in total. The van der Waals surface area contributed by atoms with Gasteiger partial charge in [0.15, 0.2) is 17.4 Å². The number of thiol groups is 1. The van der Waals surface area contributed by atoms with E-state index in [0.717, 1.165) is 17.7 Å². The molecule has 2 aromatic carbocycles. The third-order valence-corrected chi connectivity index (χ3v) is 2.82. The molecule has 0 saturated heterocycles. The highest BCUT2D eigenvalue weighted by molar-refractivity contribution is 7.79. The first-order valence-electron chi connectivity index (χ1n) is 5.00. The van der Waals surface area contributed by atoms with Crippen molar-refractivity contribution in [2.24, 2.45) is 0 Å². The number of hydrogen-bond acceptors (Lipinski definition) is 2. The Morgan fingerprint density at radius 1 is 1.00 bits per heavy atom. The van der Waals surface area contributed by atoms with Crippen LogP contribution in [-0.2, 0) is 5.75 Å². The quantitative estimate of drug-likeness (QED) is 0.780. The molecule has 2 rings (SSSR count). The van der Waals surface area contributed by atoms with Crippen molar-refractivity contribution in [2.45, 2.75) is 5.75 Å². The van der Waals surface area contributed by atoms with Crippen molar-refractivity contribution in [1.29, 1.82) is 0 Å². The summed E-state index contributed by atoms with van der Waals surface area (Å²) in [6.45, 7) is 0. The van der Waals surface area contributed by atoms with Crippen LogP contribution in [-0.4, -0.2) is 5.11 Å². The van der Waals surface area contributed by atoms with Crippen molar-refractivity contribution in [3.8, 4) is 16.9 Å². The van der Waals surface area contributed by atoms with E-state index >= 15 is 0 Å². The maximum Gasteiger partial charge on any atom is 0.187 e. The lowest BCUT2D eigenvalue weighted by atomic mass is 10.0. The van der Waals surface area contributed by atoms with Gasteiger partial charge in [-0.2, -0.15) is 12.6 Å². The molecule has 0 unspecified atom stereocenters. The first-order valence-corrected chi connectivity index (χ1v) is 5.63. The maximum absolute atomic E-state index is 13.2. The molecule has 0 aliphatic heterocycles. The highest BCUT2D eigenvalue weighted by Crippen LogP contribution is 2.28. The minimum absolute atomic E-state index is 0.390. The molecule has 1 N–H and O–H groups in total. The van der Waals surface area contributed by atoms with Gasteiger partial charge in [-0.05, 0) is 28.8 Å². The smallest absolute Gasteiger partial charge is 0.187 e. The number of aromatic hydroxyl groups is 1. The van der Waals surface area contributed by atoms with Crippen molar-refractivity contribution in [2.75, 3.05) is 0 Å². The predicted octanol–water partition coefficient (Wildman–Crippen LogP) is 3.77. The minimum atomic E-state index is -0.962. The summed E-state index contributed by atoms with van der Waals surface area (Å²) in [6, 6.07) is 9.44. The van der Waals surface area contributed by atoms with Gasteiger partial charge in [0.25, 0.3) is 0 Å². The van der Waals surface area contributed by atoms with Crippen LogP contribution >= 0.6 is 12.6 Å². The molecule has 0 amide bonds. The predicted molar refractivity (Wildman–Crippen MR) is 66.1 cm³/mol.